The van der Waals surface area contributed by atoms with Gasteiger partial charge in [0.05, 0.1) is 13.0 Å². The van der Waals surface area contributed by atoms with E-state index in [4.69, 9.17) is 9.84 Å². The average molecular weight is 274 g/mol. The molecule has 0 aliphatic heterocycles. The summed E-state index contributed by atoms with van der Waals surface area (Å²) >= 11 is 0. The summed E-state index contributed by atoms with van der Waals surface area (Å²) in [5.74, 6) is -0.304. The molecular weight excluding hydrogens is 248 g/mol. The highest BCUT2D eigenvalue weighted by molar-refractivity contribution is 5.75. The Bertz CT molecular complexity index is 269. The first-order chi connectivity index (χ1) is 8.95. The van der Waals surface area contributed by atoms with Crippen molar-refractivity contribution in [2.24, 2.45) is 5.92 Å². The van der Waals surface area contributed by atoms with Gasteiger partial charge in [0.1, 0.15) is 0 Å². The lowest BCUT2D eigenvalue weighted by Gasteiger charge is -2.15. The lowest BCUT2D eigenvalue weighted by atomic mass is 10.1. The molecule has 3 N–H and O–H groups in total. The quantitative estimate of drug-likeness (QED) is 0.528. The number of aliphatic carboxylic acids is 1. The molecule has 0 rings (SSSR count). The smallest absolute Gasteiger partial charge is 0.315 e. The van der Waals surface area contributed by atoms with Crippen molar-refractivity contribution in [2.75, 3.05) is 19.8 Å². The topological polar surface area (TPSA) is 87.7 Å². The van der Waals surface area contributed by atoms with E-state index in [0.717, 1.165) is 6.42 Å². The molecule has 0 fully saturated rings. The summed E-state index contributed by atoms with van der Waals surface area (Å²) < 4.78 is 5.35. The monoisotopic (exact) mass is 274 g/mol. The Balaban J connectivity index is 3.60. The van der Waals surface area contributed by atoms with Crippen LogP contribution in [0.3, 0.4) is 0 Å². The highest BCUT2D eigenvalue weighted by Crippen LogP contribution is 1.98. The van der Waals surface area contributed by atoms with Gasteiger partial charge in [0, 0.05) is 19.2 Å². The van der Waals surface area contributed by atoms with Crippen LogP contribution in [0.2, 0.25) is 0 Å². The van der Waals surface area contributed by atoms with E-state index < -0.39 is 5.97 Å². The molecular formula is C13H26N2O4. The lowest BCUT2D eigenvalue weighted by Crippen LogP contribution is -2.43. The molecule has 0 aliphatic rings. The van der Waals surface area contributed by atoms with Crippen LogP contribution in [0.5, 0.6) is 0 Å². The predicted molar refractivity (Wildman–Crippen MR) is 73.1 cm³/mol. The number of hydrogen-bond acceptors (Lipinski definition) is 3. The highest BCUT2D eigenvalue weighted by atomic mass is 16.5. The Kier molecular flexibility index (Phi) is 9.88. The number of carbonyl (C=O) groups excluding carboxylic acids is 1. The second-order valence-corrected chi connectivity index (χ2v) is 4.90. The van der Waals surface area contributed by atoms with Crippen LogP contribution in [0, 0.1) is 5.92 Å². The number of hydrogen-bond donors (Lipinski definition) is 3. The van der Waals surface area contributed by atoms with Crippen molar-refractivity contribution in [1.82, 2.24) is 10.6 Å². The molecule has 0 bridgehead atoms. The Morgan fingerprint density at radius 2 is 1.95 bits per heavy atom. The minimum Gasteiger partial charge on any atom is -0.481 e. The average Bonchev–Trinajstić information content (AvgIpc) is 2.31. The zero-order chi connectivity index (χ0) is 14.7. The Morgan fingerprint density at radius 3 is 2.47 bits per heavy atom. The molecule has 0 saturated heterocycles. The van der Waals surface area contributed by atoms with E-state index in [1.165, 1.54) is 0 Å². The molecule has 0 aromatic rings. The number of carboxylic acid groups (broad SMARTS) is 1. The maximum atomic E-state index is 11.5. The van der Waals surface area contributed by atoms with E-state index in [0.29, 0.717) is 32.1 Å². The first-order valence-corrected chi connectivity index (χ1v) is 6.79. The molecule has 1 unspecified atom stereocenters. The molecule has 0 saturated carbocycles. The SMILES string of the molecule is CCC(CC(=O)O)NC(=O)NCCOCCC(C)C. The van der Waals surface area contributed by atoms with Crippen LogP contribution in [-0.2, 0) is 9.53 Å². The van der Waals surface area contributed by atoms with Gasteiger partial charge in [-0.15, -0.1) is 0 Å². The number of nitrogens with one attached hydrogen (secondary N) is 2. The number of carboxylic acids is 1. The minimum absolute atomic E-state index is 0.0607. The fourth-order valence-electron chi connectivity index (χ4n) is 1.40. The molecule has 6 nitrogen and oxygen atoms in total. The largest absolute Gasteiger partial charge is 0.481 e. The molecule has 0 spiro atoms. The standard InChI is InChI=1S/C13H26N2O4/c1-4-11(9-12(16)17)15-13(18)14-6-8-19-7-5-10(2)3/h10-11H,4-9H2,1-3H3,(H,16,17)(H2,14,15,18). The number of carbonyl (C=O) groups is 2. The van der Waals surface area contributed by atoms with Gasteiger partial charge < -0.3 is 20.5 Å². The van der Waals surface area contributed by atoms with Gasteiger partial charge in [-0.3, -0.25) is 4.79 Å². The van der Waals surface area contributed by atoms with Gasteiger partial charge in [-0.25, -0.2) is 4.79 Å². The van der Waals surface area contributed by atoms with Crippen molar-refractivity contribution in [3.05, 3.63) is 0 Å². The van der Waals surface area contributed by atoms with E-state index >= 15 is 0 Å². The van der Waals surface area contributed by atoms with Crippen molar-refractivity contribution in [3.63, 3.8) is 0 Å². The van der Waals surface area contributed by atoms with Crippen LogP contribution in [0.1, 0.15) is 40.0 Å². The maximum absolute atomic E-state index is 11.5. The Hall–Kier alpha value is -1.30. The minimum atomic E-state index is -0.913. The molecule has 0 aromatic carbocycles. The zero-order valence-corrected chi connectivity index (χ0v) is 12.1. The van der Waals surface area contributed by atoms with Gasteiger partial charge in [-0.1, -0.05) is 20.8 Å². The molecule has 0 radical (unpaired) electrons. The van der Waals surface area contributed by atoms with Crippen LogP contribution < -0.4 is 10.6 Å². The van der Waals surface area contributed by atoms with Crippen LogP contribution in [0.4, 0.5) is 4.79 Å². The van der Waals surface area contributed by atoms with E-state index in [-0.39, 0.29) is 18.5 Å². The van der Waals surface area contributed by atoms with Crippen LogP contribution in [0.25, 0.3) is 0 Å². The fourth-order valence-corrected chi connectivity index (χ4v) is 1.40. The third-order valence-electron chi connectivity index (χ3n) is 2.62. The molecule has 6 heteroatoms. The summed E-state index contributed by atoms with van der Waals surface area (Å²) in [5, 5.41) is 13.9. The Labute approximate surface area is 114 Å². The normalized spacial score (nSPS) is 12.2. The van der Waals surface area contributed by atoms with Gasteiger partial charge in [0.15, 0.2) is 0 Å². The van der Waals surface area contributed by atoms with E-state index in [2.05, 4.69) is 24.5 Å². The van der Waals surface area contributed by atoms with E-state index in [1.807, 2.05) is 6.92 Å². The molecule has 1 atom stereocenters. The predicted octanol–water partition coefficient (Wildman–Crippen LogP) is 1.60. The van der Waals surface area contributed by atoms with Gasteiger partial charge >= 0.3 is 12.0 Å². The third kappa shape index (κ3) is 11.5. The summed E-state index contributed by atoms with van der Waals surface area (Å²) in [4.78, 5) is 22.0. The first-order valence-electron chi connectivity index (χ1n) is 6.79. The van der Waals surface area contributed by atoms with Crippen molar-refractivity contribution < 1.29 is 19.4 Å². The summed E-state index contributed by atoms with van der Waals surface area (Å²) in [6.45, 7) is 7.68. The van der Waals surface area contributed by atoms with Crippen LogP contribution in [-0.4, -0.2) is 42.9 Å². The number of amides is 2. The fraction of sp³-hybridized carbons (Fsp3) is 0.846. The van der Waals surface area contributed by atoms with Crippen LogP contribution >= 0.6 is 0 Å². The van der Waals surface area contributed by atoms with Crippen molar-refractivity contribution in [1.29, 1.82) is 0 Å². The number of rotatable bonds is 10. The summed E-state index contributed by atoms with van der Waals surface area (Å²) in [6.07, 6.45) is 1.53. The number of ether oxygens (including phenoxy) is 1. The Morgan fingerprint density at radius 1 is 1.26 bits per heavy atom. The molecule has 0 heterocycles. The summed E-state index contributed by atoms with van der Waals surface area (Å²) in [5.41, 5.74) is 0. The molecule has 19 heavy (non-hydrogen) atoms. The molecule has 0 aromatic heterocycles. The molecule has 0 aliphatic carbocycles. The molecule has 112 valence electrons. The van der Waals surface area contributed by atoms with Crippen molar-refractivity contribution in [3.8, 4) is 0 Å². The highest BCUT2D eigenvalue weighted by Gasteiger charge is 2.13. The summed E-state index contributed by atoms with van der Waals surface area (Å²) in [6, 6.07) is -0.681. The second-order valence-electron chi connectivity index (χ2n) is 4.90. The zero-order valence-electron chi connectivity index (χ0n) is 12.1. The van der Waals surface area contributed by atoms with Gasteiger partial charge in [0.2, 0.25) is 0 Å². The van der Waals surface area contributed by atoms with Crippen molar-refractivity contribution >= 4 is 12.0 Å². The van der Waals surface area contributed by atoms with E-state index in [9.17, 15) is 9.59 Å². The van der Waals surface area contributed by atoms with Gasteiger partial charge in [0.25, 0.3) is 0 Å². The van der Waals surface area contributed by atoms with Crippen molar-refractivity contribution in [2.45, 2.75) is 46.1 Å². The van der Waals surface area contributed by atoms with Crippen LogP contribution in [0.15, 0.2) is 0 Å². The van der Waals surface area contributed by atoms with Gasteiger partial charge in [-0.2, -0.15) is 0 Å². The molecule has 2 amide bonds. The third-order valence-corrected chi connectivity index (χ3v) is 2.62. The maximum Gasteiger partial charge on any atom is 0.315 e. The lowest BCUT2D eigenvalue weighted by molar-refractivity contribution is -0.137. The first kappa shape index (κ1) is 17.7. The second kappa shape index (κ2) is 10.6. The van der Waals surface area contributed by atoms with Gasteiger partial charge in [-0.05, 0) is 18.8 Å². The van der Waals surface area contributed by atoms with E-state index in [1.54, 1.807) is 0 Å². The summed E-state index contributed by atoms with van der Waals surface area (Å²) in [7, 11) is 0. The number of urea groups is 1.